The van der Waals surface area contributed by atoms with Crippen LogP contribution in [-0.2, 0) is 0 Å². The number of para-hydroxylation sites is 2. The number of carboxylic acids is 1. The predicted molar refractivity (Wildman–Crippen MR) is 94.3 cm³/mol. The van der Waals surface area contributed by atoms with Crippen molar-refractivity contribution in [2.24, 2.45) is 0 Å². The minimum absolute atomic E-state index is 0.0833. The summed E-state index contributed by atoms with van der Waals surface area (Å²) in [5.41, 5.74) is -0.0394. The fraction of sp³-hybridized carbons (Fsp3) is 0. The summed E-state index contributed by atoms with van der Waals surface area (Å²) in [5, 5.41) is 32.5. The van der Waals surface area contributed by atoms with E-state index in [2.05, 4.69) is 20.4 Å². The number of aromatic carboxylic acids is 1. The van der Waals surface area contributed by atoms with E-state index in [4.69, 9.17) is 10.4 Å². The van der Waals surface area contributed by atoms with Crippen LogP contribution >= 0.6 is 0 Å². The molecule has 2 heterocycles. The number of hydrogen-bond acceptors (Lipinski definition) is 6. The van der Waals surface area contributed by atoms with Crippen molar-refractivity contribution in [1.82, 2.24) is 30.0 Å². The normalized spacial score (nSPS) is 9.97. The largest absolute Gasteiger partial charge is 0.478 e. The van der Waals surface area contributed by atoms with Gasteiger partial charge in [-0.2, -0.15) is 25.7 Å². The summed E-state index contributed by atoms with van der Waals surface area (Å²) in [6, 6.07) is 9.91. The van der Waals surface area contributed by atoms with Crippen LogP contribution in [0, 0.1) is 23.0 Å². The Hall–Kier alpha value is -4.46. The Morgan fingerprint density at radius 1 is 0.862 bits per heavy atom. The van der Waals surface area contributed by atoms with E-state index < -0.39 is 17.6 Å². The van der Waals surface area contributed by atoms with Gasteiger partial charge in [0.2, 0.25) is 0 Å². The molecule has 4 rings (SSSR count). The molecule has 1 N–H and O–H groups in total. The van der Waals surface area contributed by atoms with Gasteiger partial charge in [-0.05, 0) is 24.3 Å². The third-order valence-electron chi connectivity index (χ3n) is 3.56. The number of aromatic nitrogens is 6. The van der Waals surface area contributed by atoms with E-state index >= 15 is 0 Å². The number of nitriles is 1. The van der Waals surface area contributed by atoms with Crippen molar-refractivity contribution in [1.29, 1.82) is 5.26 Å². The molecule has 2 aromatic carbocycles. The van der Waals surface area contributed by atoms with E-state index in [9.17, 15) is 13.6 Å². The van der Waals surface area contributed by atoms with Gasteiger partial charge in [-0.3, -0.25) is 0 Å². The van der Waals surface area contributed by atoms with Crippen LogP contribution in [0.5, 0.6) is 0 Å². The molecule has 0 aliphatic rings. The first-order valence-corrected chi connectivity index (χ1v) is 7.96. The van der Waals surface area contributed by atoms with Gasteiger partial charge in [0.25, 0.3) is 0 Å². The van der Waals surface area contributed by atoms with E-state index in [1.165, 1.54) is 55.1 Å². The first-order chi connectivity index (χ1) is 14.0. The molecule has 0 fully saturated rings. The number of carbonyl (C=O) groups is 1. The van der Waals surface area contributed by atoms with Crippen molar-refractivity contribution in [3.05, 3.63) is 83.9 Å². The maximum Gasteiger partial charge on any atom is 0.338 e. The molecule has 29 heavy (non-hydrogen) atoms. The number of carboxylic acid groups (broad SMARTS) is 1. The predicted octanol–water partition coefficient (Wildman–Crippen LogP) is 2.38. The van der Waals surface area contributed by atoms with Gasteiger partial charge in [0.05, 0.1) is 35.9 Å². The molecule has 0 bridgehead atoms. The number of benzene rings is 2. The maximum atomic E-state index is 13.4. The van der Waals surface area contributed by atoms with Crippen molar-refractivity contribution < 1.29 is 18.7 Å². The highest BCUT2D eigenvalue weighted by molar-refractivity contribution is 5.91. The van der Waals surface area contributed by atoms with Crippen LogP contribution in [0.15, 0.2) is 61.2 Å². The number of rotatable bonds is 3. The molecule has 0 spiro atoms. The first kappa shape index (κ1) is 19.3. The van der Waals surface area contributed by atoms with Crippen LogP contribution in [-0.4, -0.2) is 41.1 Å². The lowest BCUT2D eigenvalue weighted by Gasteiger charge is -2.05. The zero-order valence-electron chi connectivity index (χ0n) is 14.5. The van der Waals surface area contributed by atoms with E-state index in [1.54, 1.807) is 0 Å². The highest BCUT2D eigenvalue weighted by Crippen LogP contribution is 2.17. The highest BCUT2D eigenvalue weighted by Gasteiger charge is 2.16. The quantitative estimate of drug-likeness (QED) is 0.565. The SMILES string of the molecule is N#Cc1cccc(F)c1-n1nccn1.O=C(O)c1cccc(F)c1-n1nccn1. The van der Waals surface area contributed by atoms with E-state index in [1.807, 2.05) is 6.07 Å². The second kappa shape index (κ2) is 8.49. The van der Waals surface area contributed by atoms with Crippen molar-refractivity contribution in [3.63, 3.8) is 0 Å². The third kappa shape index (κ3) is 4.11. The summed E-state index contributed by atoms with van der Waals surface area (Å²) in [5.74, 6) is -2.41. The third-order valence-corrected chi connectivity index (χ3v) is 3.56. The van der Waals surface area contributed by atoms with Crippen molar-refractivity contribution in [2.75, 3.05) is 0 Å². The summed E-state index contributed by atoms with van der Waals surface area (Å²) in [6.45, 7) is 0. The molecule has 4 aromatic rings. The Bertz CT molecular complexity index is 1170. The minimum Gasteiger partial charge on any atom is -0.478 e. The lowest BCUT2D eigenvalue weighted by atomic mass is 10.2. The Morgan fingerprint density at radius 3 is 1.86 bits per heavy atom. The maximum absolute atomic E-state index is 13.4. The van der Waals surface area contributed by atoms with Gasteiger partial charge in [-0.25, -0.2) is 13.6 Å². The molecule has 0 atom stereocenters. The summed E-state index contributed by atoms with van der Waals surface area (Å²) < 4.78 is 26.8. The average Bonchev–Trinajstić information content (AvgIpc) is 3.42. The van der Waals surface area contributed by atoms with Gasteiger partial charge in [0.15, 0.2) is 11.6 Å². The molecule has 0 radical (unpaired) electrons. The highest BCUT2D eigenvalue weighted by atomic mass is 19.1. The molecule has 144 valence electrons. The second-order valence-electron chi connectivity index (χ2n) is 5.33. The molecule has 0 aliphatic carbocycles. The van der Waals surface area contributed by atoms with Gasteiger partial charge in [0, 0.05) is 0 Å². The Morgan fingerprint density at radius 2 is 1.34 bits per heavy atom. The Balaban J connectivity index is 0.000000166. The van der Waals surface area contributed by atoms with Crippen LogP contribution in [0.2, 0.25) is 0 Å². The van der Waals surface area contributed by atoms with Crippen molar-refractivity contribution in [2.45, 2.75) is 0 Å². The monoisotopic (exact) mass is 395 g/mol. The second-order valence-corrected chi connectivity index (χ2v) is 5.33. The van der Waals surface area contributed by atoms with Crippen LogP contribution < -0.4 is 0 Å². The van der Waals surface area contributed by atoms with Gasteiger partial charge >= 0.3 is 5.97 Å². The Labute approximate surface area is 162 Å². The van der Waals surface area contributed by atoms with E-state index in [0.29, 0.717) is 0 Å². The first-order valence-electron chi connectivity index (χ1n) is 7.96. The molecule has 0 saturated carbocycles. The van der Waals surface area contributed by atoms with Crippen LogP contribution in [0.25, 0.3) is 11.4 Å². The summed E-state index contributed by atoms with van der Waals surface area (Å²) in [7, 11) is 0. The van der Waals surface area contributed by atoms with Crippen LogP contribution in [0.1, 0.15) is 15.9 Å². The minimum atomic E-state index is -1.22. The number of halogens is 2. The zero-order chi connectivity index (χ0) is 20.8. The fourth-order valence-corrected chi connectivity index (χ4v) is 2.36. The summed E-state index contributed by atoms with van der Waals surface area (Å²) >= 11 is 0. The van der Waals surface area contributed by atoms with E-state index in [0.717, 1.165) is 15.7 Å². The smallest absolute Gasteiger partial charge is 0.338 e. The van der Waals surface area contributed by atoms with E-state index in [-0.39, 0.29) is 22.5 Å². The average molecular weight is 395 g/mol. The van der Waals surface area contributed by atoms with Gasteiger partial charge < -0.3 is 5.11 Å². The van der Waals surface area contributed by atoms with Crippen molar-refractivity contribution >= 4 is 5.97 Å². The molecule has 0 unspecified atom stereocenters. The van der Waals surface area contributed by atoms with Crippen molar-refractivity contribution in [3.8, 4) is 17.4 Å². The van der Waals surface area contributed by atoms with Gasteiger partial charge in [-0.1, -0.05) is 12.1 Å². The molecule has 0 saturated heterocycles. The number of hydrogen-bond donors (Lipinski definition) is 1. The lowest BCUT2D eigenvalue weighted by Crippen LogP contribution is -2.10. The topological polar surface area (TPSA) is 123 Å². The molecule has 2 aromatic heterocycles. The molecule has 0 aliphatic heterocycles. The van der Waals surface area contributed by atoms with Crippen LogP contribution in [0.3, 0.4) is 0 Å². The fourth-order valence-electron chi connectivity index (χ4n) is 2.36. The Kier molecular flexibility index (Phi) is 5.65. The molecule has 0 amide bonds. The lowest BCUT2D eigenvalue weighted by molar-refractivity contribution is 0.0696. The zero-order valence-corrected chi connectivity index (χ0v) is 14.5. The molecular weight excluding hydrogens is 384 g/mol. The van der Waals surface area contributed by atoms with Crippen LogP contribution in [0.4, 0.5) is 8.78 Å². The van der Waals surface area contributed by atoms with Gasteiger partial charge in [-0.15, -0.1) is 9.59 Å². The van der Waals surface area contributed by atoms with Gasteiger partial charge in [0.1, 0.15) is 17.4 Å². The standard InChI is InChI=1S/C9H5FN4.C9H6FN3O2/c10-8-3-1-2-7(6-11)9(8)14-12-4-5-13-14;10-7-3-1-2-6(9(14)15)8(7)13-11-4-5-12-13/h1-5H;1-5H,(H,14,15). The summed E-state index contributed by atoms with van der Waals surface area (Å²) in [4.78, 5) is 12.9. The summed E-state index contributed by atoms with van der Waals surface area (Å²) in [6.07, 6.45) is 5.54. The molecule has 9 nitrogen and oxygen atoms in total. The molecular formula is C18H11F2N7O2. The molecule has 11 heteroatoms. The number of nitrogens with zero attached hydrogens (tertiary/aromatic N) is 7.